The molecule has 1 amide bonds. The van der Waals surface area contributed by atoms with Crippen molar-refractivity contribution in [1.29, 1.82) is 0 Å². The highest BCUT2D eigenvalue weighted by molar-refractivity contribution is 6.30. The van der Waals surface area contributed by atoms with Crippen molar-refractivity contribution in [3.05, 3.63) is 41.4 Å². The van der Waals surface area contributed by atoms with Gasteiger partial charge in [-0.2, -0.15) is 0 Å². The molecule has 0 radical (unpaired) electrons. The van der Waals surface area contributed by atoms with Gasteiger partial charge in [0.15, 0.2) is 11.7 Å². The van der Waals surface area contributed by atoms with Crippen molar-refractivity contribution in [2.45, 2.75) is 25.8 Å². The molecule has 118 valence electrons. The van der Waals surface area contributed by atoms with E-state index in [0.717, 1.165) is 5.56 Å². The minimum Gasteiger partial charge on any atom is -0.441 e. The molecule has 0 spiro atoms. The molecule has 1 aromatic heterocycles. The smallest absolute Gasteiger partial charge is 0.223 e. The fourth-order valence-corrected chi connectivity index (χ4v) is 2.09. The number of aryl methyl sites for hydroxylation is 1. The number of nitrogens with zero attached hydrogens (tertiary/aromatic N) is 2. The van der Waals surface area contributed by atoms with E-state index in [1.54, 1.807) is 30.3 Å². The van der Waals surface area contributed by atoms with E-state index >= 15 is 0 Å². The summed E-state index contributed by atoms with van der Waals surface area (Å²) in [6.07, 6.45) is 2.48. The Bertz CT molecular complexity index is 625. The van der Waals surface area contributed by atoms with Crippen LogP contribution < -0.4 is 5.73 Å². The first-order valence-corrected chi connectivity index (χ1v) is 7.55. The van der Waals surface area contributed by atoms with E-state index in [2.05, 4.69) is 4.98 Å². The van der Waals surface area contributed by atoms with Gasteiger partial charge in [-0.25, -0.2) is 4.98 Å². The highest BCUT2D eigenvalue weighted by atomic mass is 35.5. The molecule has 0 aliphatic carbocycles. The Kier molecular flexibility index (Phi) is 5.57. The zero-order valence-corrected chi connectivity index (χ0v) is 13.5. The summed E-state index contributed by atoms with van der Waals surface area (Å²) < 4.78 is 5.68. The lowest BCUT2D eigenvalue weighted by Crippen LogP contribution is -2.39. The molecule has 22 heavy (non-hydrogen) atoms. The quantitative estimate of drug-likeness (QED) is 0.888. The zero-order chi connectivity index (χ0) is 16.1. The van der Waals surface area contributed by atoms with Gasteiger partial charge in [0, 0.05) is 43.1 Å². The summed E-state index contributed by atoms with van der Waals surface area (Å²) in [5.41, 5.74) is 6.47. The Labute approximate surface area is 135 Å². The average molecular weight is 322 g/mol. The SMILES string of the molecule is CC(CN)N(C)C(=O)CCc1ncc(-c2ccc(Cl)cc2)o1. The topological polar surface area (TPSA) is 72.4 Å². The third-order valence-electron chi connectivity index (χ3n) is 3.63. The van der Waals surface area contributed by atoms with Crippen LogP contribution in [0.2, 0.25) is 5.02 Å². The molecule has 2 aromatic rings. The number of rotatable bonds is 6. The van der Waals surface area contributed by atoms with Gasteiger partial charge in [0.05, 0.1) is 6.20 Å². The normalized spacial score (nSPS) is 12.2. The zero-order valence-electron chi connectivity index (χ0n) is 12.8. The van der Waals surface area contributed by atoms with Gasteiger partial charge in [0.2, 0.25) is 5.91 Å². The molecular weight excluding hydrogens is 302 g/mol. The van der Waals surface area contributed by atoms with Crippen LogP contribution in [0.5, 0.6) is 0 Å². The Morgan fingerprint density at radius 1 is 1.41 bits per heavy atom. The van der Waals surface area contributed by atoms with Crippen LogP contribution in [0.1, 0.15) is 19.2 Å². The second-order valence-corrected chi connectivity index (χ2v) is 5.65. The Morgan fingerprint density at radius 3 is 2.73 bits per heavy atom. The van der Waals surface area contributed by atoms with Gasteiger partial charge in [-0.15, -0.1) is 0 Å². The molecule has 0 aliphatic rings. The van der Waals surface area contributed by atoms with Gasteiger partial charge >= 0.3 is 0 Å². The molecule has 0 saturated carbocycles. The van der Waals surface area contributed by atoms with E-state index in [9.17, 15) is 4.79 Å². The number of benzene rings is 1. The first-order valence-electron chi connectivity index (χ1n) is 7.17. The number of aromatic nitrogens is 1. The Morgan fingerprint density at radius 2 is 2.09 bits per heavy atom. The second kappa shape index (κ2) is 7.42. The maximum atomic E-state index is 12.0. The monoisotopic (exact) mass is 321 g/mol. The van der Waals surface area contributed by atoms with Crippen LogP contribution in [0.25, 0.3) is 11.3 Å². The molecule has 1 aromatic carbocycles. The van der Waals surface area contributed by atoms with Gasteiger partial charge in [-0.1, -0.05) is 11.6 Å². The lowest BCUT2D eigenvalue weighted by molar-refractivity contribution is -0.131. The van der Waals surface area contributed by atoms with Crippen molar-refractivity contribution in [2.24, 2.45) is 5.73 Å². The third kappa shape index (κ3) is 4.08. The maximum Gasteiger partial charge on any atom is 0.223 e. The molecule has 1 heterocycles. The van der Waals surface area contributed by atoms with Gasteiger partial charge in [-0.3, -0.25) is 4.79 Å². The molecular formula is C16H20ClN3O2. The summed E-state index contributed by atoms with van der Waals surface area (Å²) in [4.78, 5) is 17.9. The van der Waals surface area contributed by atoms with Gasteiger partial charge in [0.1, 0.15) is 0 Å². The number of nitrogens with two attached hydrogens (primary N) is 1. The van der Waals surface area contributed by atoms with Gasteiger partial charge in [-0.05, 0) is 31.2 Å². The van der Waals surface area contributed by atoms with E-state index in [0.29, 0.717) is 36.1 Å². The number of oxazole rings is 1. The summed E-state index contributed by atoms with van der Waals surface area (Å²) in [6, 6.07) is 7.36. The van der Waals surface area contributed by atoms with E-state index < -0.39 is 0 Å². The summed E-state index contributed by atoms with van der Waals surface area (Å²) in [5.74, 6) is 1.25. The van der Waals surface area contributed by atoms with Gasteiger partial charge < -0.3 is 15.1 Å². The summed E-state index contributed by atoms with van der Waals surface area (Å²) in [6.45, 7) is 2.36. The van der Waals surface area contributed by atoms with Crippen molar-refractivity contribution >= 4 is 17.5 Å². The minimum absolute atomic E-state index is 0.0293. The van der Waals surface area contributed by atoms with E-state index in [1.165, 1.54) is 0 Å². The van der Waals surface area contributed by atoms with Crippen LogP contribution in [0.3, 0.4) is 0 Å². The highest BCUT2D eigenvalue weighted by Crippen LogP contribution is 2.22. The third-order valence-corrected chi connectivity index (χ3v) is 3.88. The minimum atomic E-state index is 0.0293. The van der Waals surface area contributed by atoms with Gasteiger partial charge in [0.25, 0.3) is 0 Å². The summed E-state index contributed by atoms with van der Waals surface area (Å²) in [7, 11) is 1.76. The number of carbonyl (C=O) groups is 1. The van der Waals surface area contributed by atoms with Crippen molar-refractivity contribution in [1.82, 2.24) is 9.88 Å². The molecule has 1 atom stereocenters. The molecule has 0 bridgehead atoms. The lowest BCUT2D eigenvalue weighted by atomic mass is 10.2. The molecule has 1 unspecified atom stereocenters. The van der Waals surface area contributed by atoms with Crippen molar-refractivity contribution < 1.29 is 9.21 Å². The predicted molar refractivity (Wildman–Crippen MR) is 86.6 cm³/mol. The first-order chi connectivity index (χ1) is 10.5. The number of halogens is 1. The second-order valence-electron chi connectivity index (χ2n) is 5.21. The Balaban J connectivity index is 1.95. The van der Waals surface area contributed by atoms with E-state index in [4.69, 9.17) is 21.8 Å². The molecule has 6 heteroatoms. The van der Waals surface area contributed by atoms with Crippen LogP contribution in [-0.4, -0.2) is 35.4 Å². The van der Waals surface area contributed by atoms with E-state index in [-0.39, 0.29) is 11.9 Å². The van der Waals surface area contributed by atoms with Crippen molar-refractivity contribution in [2.75, 3.05) is 13.6 Å². The molecule has 2 N–H and O–H groups in total. The number of hydrogen-bond acceptors (Lipinski definition) is 4. The molecule has 2 rings (SSSR count). The number of likely N-dealkylation sites (N-methyl/N-ethyl adjacent to an activating group) is 1. The summed E-state index contributed by atoms with van der Waals surface area (Å²) >= 11 is 5.86. The van der Waals surface area contributed by atoms with E-state index in [1.807, 2.05) is 19.1 Å². The van der Waals surface area contributed by atoms with Crippen LogP contribution in [-0.2, 0) is 11.2 Å². The number of carbonyl (C=O) groups excluding carboxylic acids is 1. The van der Waals surface area contributed by atoms with Crippen LogP contribution in [0, 0.1) is 0 Å². The summed E-state index contributed by atoms with van der Waals surface area (Å²) in [5, 5.41) is 0.672. The lowest BCUT2D eigenvalue weighted by Gasteiger charge is -2.23. The predicted octanol–water partition coefficient (Wildman–Crippen LogP) is 2.73. The standard InChI is InChI=1S/C16H20ClN3O2/c1-11(9-18)20(2)16(21)8-7-15-19-10-14(22-15)12-3-5-13(17)6-4-12/h3-6,10-11H,7-9,18H2,1-2H3. The Hall–Kier alpha value is -1.85. The van der Waals surface area contributed by atoms with Crippen LogP contribution in [0.15, 0.2) is 34.9 Å². The number of hydrogen-bond donors (Lipinski definition) is 1. The molecule has 0 saturated heterocycles. The molecule has 5 nitrogen and oxygen atoms in total. The fraction of sp³-hybridized carbons (Fsp3) is 0.375. The van der Waals surface area contributed by atoms with Crippen molar-refractivity contribution in [3.63, 3.8) is 0 Å². The van der Waals surface area contributed by atoms with Crippen LogP contribution in [0.4, 0.5) is 0 Å². The molecule has 0 fully saturated rings. The molecule has 0 aliphatic heterocycles. The van der Waals surface area contributed by atoms with Crippen LogP contribution >= 0.6 is 11.6 Å². The fourth-order valence-electron chi connectivity index (χ4n) is 1.97. The largest absolute Gasteiger partial charge is 0.441 e. The highest BCUT2D eigenvalue weighted by Gasteiger charge is 2.15. The number of amides is 1. The van der Waals surface area contributed by atoms with Crippen molar-refractivity contribution in [3.8, 4) is 11.3 Å². The maximum absolute atomic E-state index is 12.0. The first kappa shape index (κ1) is 16.5. The average Bonchev–Trinajstić information content (AvgIpc) is 3.00.